The summed E-state index contributed by atoms with van der Waals surface area (Å²) >= 11 is 0. The second-order valence-corrected chi connectivity index (χ2v) is 9.99. The van der Waals surface area contributed by atoms with E-state index < -0.39 is 6.04 Å². The first-order valence-electron chi connectivity index (χ1n) is 15.0. The Bertz CT molecular complexity index is 578. The van der Waals surface area contributed by atoms with Crippen LogP contribution in [0.25, 0.3) is 0 Å². The molecule has 0 bridgehead atoms. The lowest BCUT2D eigenvalue weighted by Gasteiger charge is -2.18. The van der Waals surface area contributed by atoms with Crippen molar-refractivity contribution in [3.63, 3.8) is 0 Å². The second kappa shape index (κ2) is 26.2. The maximum absolute atomic E-state index is 12.6. The van der Waals surface area contributed by atoms with Gasteiger partial charge in [0.05, 0.1) is 0 Å². The van der Waals surface area contributed by atoms with Gasteiger partial charge >= 0.3 is 0 Å². The van der Waals surface area contributed by atoms with E-state index in [-0.39, 0.29) is 24.1 Å². The van der Waals surface area contributed by atoms with Crippen molar-refractivity contribution in [2.75, 3.05) is 13.1 Å². The molecule has 3 N–H and O–H groups in total. The molecule has 36 heavy (non-hydrogen) atoms. The van der Waals surface area contributed by atoms with Crippen molar-refractivity contribution >= 4 is 17.7 Å². The summed E-state index contributed by atoms with van der Waals surface area (Å²) in [6, 6.07) is -0.648. The molecule has 0 radical (unpaired) electrons. The third kappa shape index (κ3) is 22.6. The number of hydrogen-bond acceptors (Lipinski definition) is 3. The Morgan fingerprint density at radius 3 is 1.72 bits per heavy atom. The molecule has 0 aromatic rings. The Kier molecular flexibility index (Phi) is 24.9. The highest BCUT2D eigenvalue weighted by molar-refractivity contribution is 5.88. The van der Waals surface area contributed by atoms with Crippen LogP contribution < -0.4 is 16.0 Å². The summed E-state index contributed by atoms with van der Waals surface area (Å²) in [5, 5.41) is 8.64. The van der Waals surface area contributed by atoms with Crippen molar-refractivity contribution in [2.45, 2.75) is 149 Å². The number of hydrogen-bond donors (Lipinski definition) is 3. The zero-order valence-electron chi connectivity index (χ0n) is 23.8. The largest absolute Gasteiger partial charge is 0.356 e. The number of carbonyl (C=O) groups excluding carboxylic acids is 3. The Morgan fingerprint density at radius 1 is 0.583 bits per heavy atom. The average Bonchev–Trinajstić information content (AvgIpc) is 2.87. The summed E-state index contributed by atoms with van der Waals surface area (Å²) in [4.78, 5) is 37.1. The van der Waals surface area contributed by atoms with Crippen LogP contribution in [0.3, 0.4) is 0 Å². The number of amides is 3. The van der Waals surface area contributed by atoms with Gasteiger partial charge in [0, 0.05) is 25.9 Å². The van der Waals surface area contributed by atoms with Crippen LogP contribution in [-0.4, -0.2) is 36.9 Å². The molecule has 0 spiro atoms. The lowest BCUT2D eigenvalue weighted by atomic mass is 10.1. The van der Waals surface area contributed by atoms with Gasteiger partial charge in [0.15, 0.2) is 0 Å². The van der Waals surface area contributed by atoms with Gasteiger partial charge in [-0.25, -0.2) is 0 Å². The summed E-state index contributed by atoms with van der Waals surface area (Å²) in [5.41, 5.74) is 0. The minimum absolute atomic E-state index is 0.0640. The molecule has 0 aliphatic heterocycles. The van der Waals surface area contributed by atoms with Gasteiger partial charge in [0.2, 0.25) is 17.7 Å². The molecule has 6 nitrogen and oxygen atoms in total. The molecule has 0 heterocycles. The Labute approximate surface area is 222 Å². The van der Waals surface area contributed by atoms with E-state index in [0.29, 0.717) is 25.9 Å². The lowest BCUT2D eigenvalue weighted by Crippen LogP contribution is -2.47. The highest BCUT2D eigenvalue weighted by atomic mass is 16.2. The maximum Gasteiger partial charge on any atom is 0.242 e. The molecule has 0 aromatic heterocycles. The van der Waals surface area contributed by atoms with Gasteiger partial charge in [-0.3, -0.25) is 14.4 Å². The van der Waals surface area contributed by atoms with Gasteiger partial charge in [-0.05, 0) is 51.4 Å². The Balaban J connectivity index is 4.07. The molecule has 210 valence electrons. The maximum atomic E-state index is 12.6. The van der Waals surface area contributed by atoms with E-state index in [9.17, 15) is 14.4 Å². The average molecular weight is 508 g/mol. The van der Waals surface area contributed by atoms with Crippen LogP contribution in [0.1, 0.15) is 143 Å². The molecule has 0 fully saturated rings. The van der Waals surface area contributed by atoms with Crippen LogP contribution in [0.2, 0.25) is 0 Å². The van der Waals surface area contributed by atoms with Gasteiger partial charge in [-0.15, -0.1) is 0 Å². The number of unbranched alkanes of at least 4 members (excludes halogenated alkanes) is 12. The predicted molar refractivity (Wildman–Crippen MR) is 152 cm³/mol. The fourth-order valence-corrected chi connectivity index (χ4v) is 3.99. The second-order valence-electron chi connectivity index (χ2n) is 9.99. The van der Waals surface area contributed by atoms with Crippen molar-refractivity contribution in [1.82, 2.24) is 16.0 Å². The quantitative estimate of drug-likeness (QED) is 0.0945. The molecule has 0 aliphatic carbocycles. The molecule has 3 amide bonds. The van der Waals surface area contributed by atoms with Gasteiger partial charge in [0.1, 0.15) is 6.04 Å². The van der Waals surface area contributed by atoms with Crippen molar-refractivity contribution in [1.29, 1.82) is 0 Å². The number of rotatable bonds is 25. The zero-order valence-corrected chi connectivity index (χ0v) is 23.8. The van der Waals surface area contributed by atoms with Crippen LogP contribution in [0, 0.1) is 0 Å². The first-order valence-corrected chi connectivity index (χ1v) is 15.0. The molecular weight excluding hydrogens is 450 g/mol. The topological polar surface area (TPSA) is 87.3 Å². The number of allylic oxidation sites excluding steroid dienone is 2. The smallest absolute Gasteiger partial charge is 0.242 e. The lowest BCUT2D eigenvalue weighted by molar-refractivity contribution is -0.129. The minimum atomic E-state index is -0.648. The first kappa shape index (κ1) is 34.1. The van der Waals surface area contributed by atoms with Crippen LogP contribution >= 0.6 is 0 Å². The Morgan fingerprint density at radius 2 is 1.11 bits per heavy atom. The predicted octanol–water partition coefficient (Wildman–Crippen LogP) is 6.73. The SMILES string of the molecule is CCCCCCC/C=C/CCCCCCCC(=O)N[C@@H](CCC(=O)NCCCC)C(=O)NCCCC. The van der Waals surface area contributed by atoms with Gasteiger partial charge in [-0.1, -0.05) is 90.7 Å². The molecule has 0 saturated heterocycles. The van der Waals surface area contributed by atoms with Gasteiger partial charge < -0.3 is 16.0 Å². The third-order valence-electron chi connectivity index (χ3n) is 6.41. The standard InChI is InChI=1S/C30H57N3O3/c1-4-7-10-11-12-13-14-15-16-17-18-19-20-21-22-29(35)33-27(30(36)32-26-9-6-3)23-24-28(34)31-25-8-5-2/h14-15,27H,4-13,16-26H2,1-3H3,(H,31,34)(H,32,36)(H,33,35)/b15-14+/t27-/m0/s1. The van der Waals surface area contributed by atoms with Crippen LogP contribution in [0.4, 0.5) is 0 Å². The summed E-state index contributed by atoms with van der Waals surface area (Å²) in [6.07, 6.45) is 24.0. The molecule has 0 saturated carbocycles. The number of nitrogens with one attached hydrogen (secondary N) is 3. The number of carbonyl (C=O) groups is 3. The van der Waals surface area contributed by atoms with E-state index in [1.165, 1.54) is 51.4 Å². The van der Waals surface area contributed by atoms with E-state index in [0.717, 1.165) is 51.4 Å². The van der Waals surface area contributed by atoms with E-state index in [1.807, 2.05) is 0 Å². The molecule has 6 heteroatoms. The first-order chi connectivity index (χ1) is 17.5. The minimum Gasteiger partial charge on any atom is -0.356 e. The summed E-state index contributed by atoms with van der Waals surface area (Å²) < 4.78 is 0. The van der Waals surface area contributed by atoms with Crippen LogP contribution in [0.5, 0.6) is 0 Å². The summed E-state index contributed by atoms with van der Waals surface area (Å²) in [6.45, 7) is 7.65. The van der Waals surface area contributed by atoms with E-state index in [1.54, 1.807) is 0 Å². The van der Waals surface area contributed by atoms with Gasteiger partial charge in [0.25, 0.3) is 0 Å². The van der Waals surface area contributed by atoms with Crippen molar-refractivity contribution in [3.05, 3.63) is 12.2 Å². The molecule has 0 rings (SSSR count). The third-order valence-corrected chi connectivity index (χ3v) is 6.41. The van der Waals surface area contributed by atoms with E-state index in [4.69, 9.17) is 0 Å². The van der Waals surface area contributed by atoms with Crippen molar-refractivity contribution in [3.8, 4) is 0 Å². The van der Waals surface area contributed by atoms with E-state index in [2.05, 4.69) is 48.9 Å². The summed E-state index contributed by atoms with van der Waals surface area (Å²) in [7, 11) is 0. The van der Waals surface area contributed by atoms with Crippen LogP contribution in [0.15, 0.2) is 12.2 Å². The summed E-state index contributed by atoms with van der Waals surface area (Å²) in [5.74, 6) is -0.350. The zero-order chi connectivity index (χ0) is 26.7. The fraction of sp³-hybridized carbons (Fsp3) is 0.833. The fourth-order valence-electron chi connectivity index (χ4n) is 3.99. The molecule has 1 atom stereocenters. The normalized spacial score (nSPS) is 12.0. The molecule has 0 unspecified atom stereocenters. The van der Waals surface area contributed by atoms with Crippen molar-refractivity contribution < 1.29 is 14.4 Å². The van der Waals surface area contributed by atoms with Crippen LogP contribution in [-0.2, 0) is 14.4 Å². The van der Waals surface area contributed by atoms with Gasteiger partial charge in [-0.2, -0.15) is 0 Å². The molecule has 0 aliphatic rings. The molecular formula is C30H57N3O3. The monoisotopic (exact) mass is 507 g/mol. The highest BCUT2D eigenvalue weighted by Gasteiger charge is 2.21. The van der Waals surface area contributed by atoms with Crippen molar-refractivity contribution in [2.24, 2.45) is 0 Å². The Hall–Kier alpha value is -1.85. The molecule has 0 aromatic carbocycles. The van der Waals surface area contributed by atoms with E-state index >= 15 is 0 Å². The highest BCUT2D eigenvalue weighted by Crippen LogP contribution is 2.10.